The van der Waals surface area contributed by atoms with Crippen LogP contribution in [0.1, 0.15) is 6.42 Å². The third-order valence-corrected chi connectivity index (χ3v) is 6.82. The number of hydrogen-bond donors (Lipinski definition) is 1. The van der Waals surface area contributed by atoms with Gasteiger partial charge in [-0.05, 0) is 48.3 Å². The lowest BCUT2D eigenvalue weighted by molar-refractivity contribution is -0.142. The van der Waals surface area contributed by atoms with Crippen molar-refractivity contribution < 1.29 is 14.4 Å². The smallest absolute Gasteiger partial charge is 0.244 e. The number of nitrogens with zero attached hydrogens (tertiary/aromatic N) is 1. The van der Waals surface area contributed by atoms with Gasteiger partial charge in [-0.1, -0.05) is 35.4 Å². The van der Waals surface area contributed by atoms with Crippen LogP contribution in [0, 0.1) is 35.5 Å². The molecule has 134 valence electrons. The standard InChI is InChI=1S/C19H16Cl2N2O3/c20-8-1-4-13(21)14(5-8)22-15(24)7-23-18(25)16-9-2-3-10(12-6-11(9)12)17(16)19(23)26/h1-5,9-12,16-17H,6-7H2,(H,22,24)/t9-,10-,11-,12-,16+,17+/m1/s1. The Morgan fingerprint density at radius 1 is 1.08 bits per heavy atom. The Bertz CT molecular complexity index is 848. The van der Waals surface area contributed by atoms with Crippen LogP contribution in [0.5, 0.6) is 0 Å². The zero-order valence-corrected chi connectivity index (χ0v) is 15.2. The van der Waals surface area contributed by atoms with Crippen molar-refractivity contribution in [1.82, 2.24) is 4.90 Å². The average molecular weight is 391 g/mol. The Morgan fingerprint density at radius 2 is 1.69 bits per heavy atom. The molecule has 6 atom stereocenters. The molecule has 6 rings (SSSR count). The van der Waals surface area contributed by atoms with E-state index in [1.54, 1.807) is 12.1 Å². The zero-order chi connectivity index (χ0) is 18.2. The molecule has 7 heteroatoms. The van der Waals surface area contributed by atoms with E-state index in [9.17, 15) is 14.4 Å². The van der Waals surface area contributed by atoms with Crippen LogP contribution in [0.15, 0.2) is 30.4 Å². The van der Waals surface area contributed by atoms with Crippen molar-refractivity contribution in [2.75, 3.05) is 11.9 Å². The van der Waals surface area contributed by atoms with Crippen molar-refractivity contribution in [1.29, 1.82) is 0 Å². The number of carbonyl (C=O) groups is 3. The van der Waals surface area contributed by atoms with E-state index in [1.807, 2.05) is 0 Å². The van der Waals surface area contributed by atoms with Gasteiger partial charge < -0.3 is 5.32 Å². The maximum atomic E-state index is 12.9. The second-order valence-electron chi connectivity index (χ2n) is 7.59. The molecule has 5 aliphatic rings. The van der Waals surface area contributed by atoms with E-state index in [0.717, 1.165) is 11.3 Å². The predicted octanol–water partition coefficient (Wildman–Crippen LogP) is 2.99. The van der Waals surface area contributed by atoms with Crippen LogP contribution >= 0.6 is 23.2 Å². The maximum absolute atomic E-state index is 12.9. The number of amides is 3. The molecule has 1 aromatic carbocycles. The van der Waals surface area contributed by atoms with Crippen molar-refractivity contribution in [3.63, 3.8) is 0 Å². The summed E-state index contributed by atoms with van der Waals surface area (Å²) < 4.78 is 0. The summed E-state index contributed by atoms with van der Waals surface area (Å²) in [5, 5.41) is 3.42. The number of anilines is 1. The predicted molar refractivity (Wildman–Crippen MR) is 96.5 cm³/mol. The first-order chi connectivity index (χ1) is 12.5. The van der Waals surface area contributed by atoms with E-state index in [-0.39, 0.29) is 42.0 Å². The molecular weight excluding hydrogens is 375 g/mol. The van der Waals surface area contributed by atoms with Crippen molar-refractivity contribution in [2.24, 2.45) is 35.5 Å². The normalized spacial score (nSPS) is 36.2. The summed E-state index contributed by atoms with van der Waals surface area (Å²) in [6.07, 6.45) is 5.34. The number of halogens is 2. The van der Waals surface area contributed by atoms with Gasteiger partial charge in [0.15, 0.2) is 0 Å². The number of hydrogen-bond acceptors (Lipinski definition) is 3. The van der Waals surface area contributed by atoms with E-state index < -0.39 is 5.91 Å². The van der Waals surface area contributed by atoms with Gasteiger partial charge in [0.1, 0.15) is 6.54 Å². The second kappa shape index (κ2) is 5.57. The number of nitrogens with one attached hydrogen (secondary N) is 1. The lowest BCUT2D eigenvalue weighted by Crippen LogP contribution is -2.40. The molecule has 3 fully saturated rings. The molecule has 1 saturated heterocycles. The summed E-state index contributed by atoms with van der Waals surface area (Å²) in [4.78, 5) is 39.2. The highest BCUT2D eigenvalue weighted by atomic mass is 35.5. The van der Waals surface area contributed by atoms with Crippen LogP contribution in [0.4, 0.5) is 5.69 Å². The third kappa shape index (κ3) is 2.26. The fourth-order valence-electron chi connectivity index (χ4n) is 5.10. The Balaban J connectivity index is 1.34. The first kappa shape index (κ1) is 16.3. The van der Waals surface area contributed by atoms with Gasteiger partial charge in [0, 0.05) is 5.02 Å². The van der Waals surface area contributed by atoms with Gasteiger partial charge in [-0.25, -0.2) is 0 Å². The van der Waals surface area contributed by atoms with Gasteiger partial charge in [-0.15, -0.1) is 0 Å². The molecule has 1 heterocycles. The first-order valence-electron chi connectivity index (χ1n) is 8.74. The van der Waals surface area contributed by atoms with Gasteiger partial charge in [0.2, 0.25) is 17.7 Å². The third-order valence-electron chi connectivity index (χ3n) is 6.26. The van der Waals surface area contributed by atoms with E-state index in [0.29, 0.717) is 27.6 Å². The van der Waals surface area contributed by atoms with Gasteiger partial charge in [-0.3, -0.25) is 19.3 Å². The van der Waals surface area contributed by atoms with Crippen molar-refractivity contribution >= 4 is 46.6 Å². The molecule has 5 nitrogen and oxygen atoms in total. The fourth-order valence-corrected chi connectivity index (χ4v) is 5.44. The van der Waals surface area contributed by atoms with Crippen molar-refractivity contribution in [3.05, 3.63) is 40.4 Å². The van der Waals surface area contributed by atoms with Gasteiger partial charge in [0.25, 0.3) is 0 Å². The highest BCUT2D eigenvalue weighted by Crippen LogP contribution is 2.65. The first-order valence-corrected chi connectivity index (χ1v) is 9.50. The average Bonchev–Trinajstić information content (AvgIpc) is 3.39. The Kier molecular flexibility index (Phi) is 3.50. The number of benzene rings is 1. The number of rotatable bonds is 3. The highest BCUT2D eigenvalue weighted by molar-refractivity contribution is 6.35. The Morgan fingerprint density at radius 3 is 2.31 bits per heavy atom. The van der Waals surface area contributed by atoms with Crippen LogP contribution in [0.2, 0.25) is 10.0 Å². The number of allylic oxidation sites excluding steroid dienone is 2. The molecule has 0 unspecified atom stereocenters. The molecule has 3 amide bonds. The van der Waals surface area contributed by atoms with Gasteiger partial charge >= 0.3 is 0 Å². The topological polar surface area (TPSA) is 66.5 Å². The van der Waals surface area contributed by atoms with E-state index in [2.05, 4.69) is 17.5 Å². The molecule has 2 saturated carbocycles. The largest absolute Gasteiger partial charge is 0.323 e. The lowest BCUT2D eigenvalue weighted by Gasteiger charge is -2.37. The summed E-state index contributed by atoms with van der Waals surface area (Å²) in [5.74, 6) is -0.0606. The molecule has 1 aromatic rings. The summed E-state index contributed by atoms with van der Waals surface area (Å²) in [7, 11) is 0. The van der Waals surface area contributed by atoms with E-state index >= 15 is 0 Å². The van der Waals surface area contributed by atoms with E-state index in [1.165, 1.54) is 6.07 Å². The van der Waals surface area contributed by atoms with E-state index in [4.69, 9.17) is 23.2 Å². The summed E-state index contributed by atoms with van der Waals surface area (Å²) in [6.45, 7) is -0.289. The monoisotopic (exact) mass is 390 g/mol. The minimum Gasteiger partial charge on any atom is -0.323 e. The Hall–Kier alpha value is -1.85. The quantitative estimate of drug-likeness (QED) is 0.637. The summed E-state index contributed by atoms with van der Waals surface area (Å²) >= 11 is 12.0. The molecule has 0 aromatic heterocycles. The molecule has 0 radical (unpaired) electrons. The van der Waals surface area contributed by atoms with Crippen LogP contribution in [-0.4, -0.2) is 29.2 Å². The highest BCUT2D eigenvalue weighted by Gasteiger charge is 2.67. The number of imide groups is 1. The van der Waals surface area contributed by atoms with Crippen LogP contribution in [0.25, 0.3) is 0 Å². The molecule has 2 bridgehead atoms. The SMILES string of the molecule is O=C(CN1C(=O)[C@H]2[C@@H]3C=C[C@H]([C@H]4C[C@H]34)[C@@H]2C1=O)Nc1cc(Cl)ccc1Cl. The minimum atomic E-state index is -0.458. The summed E-state index contributed by atoms with van der Waals surface area (Å²) in [6, 6.07) is 4.73. The summed E-state index contributed by atoms with van der Waals surface area (Å²) in [5.41, 5.74) is 0.364. The van der Waals surface area contributed by atoms with Crippen molar-refractivity contribution in [3.8, 4) is 0 Å². The second-order valence-corrected chi connectivity index (χ2v) is 8.43. The Labute approximate surface area is 160 Å². The molecule has 4 aliphatic carbocycles. The fraction of sp³-hybridized carbons (Fsp3) is 0.421. The van der Waals surface area contributed by atoms with Crippen molar-refractivity contribution in [2.45, 2.75) is 6.42 Å². The molecule has 26 heavy (non-hydrogen) atoms. The van der Waals surface area contributed by atoms with Crippen LogP contribution in [-0.2, 0) is 14.4 Å². The zero-order valence-electron chi connectivity index (χ0n) is 13.7. The molecule has 1 N–H and O–H groups in total. The number of likely N-dealkylation sites (tertiary alicyclic amines) is 1. The van der Waals surface area contributed by atoms with Gasteiger partial charge in [0.05, 0.1) is 22.5 Å². The molecule has 1 aliphatic heterocycles. The maximum Gasteiger partial charge on any atom is 0.244 e. The van der Waals surface area contributed by atoms with Gasteiger partial charge in [-0.2, -0.15) is 0 Å². The number of carbonyl (C=O) groups excluding carboxylic acids is 3. The molecular formula is C19H16Cl2N2O3. The minimum absolute atomic E-state index is 0.155. The van der Waals surface area contributed by atoms with Crippen LogP contribution < -0.4 is 5.32 Å². The van der Waals surface area contributed by atoms with Crippen LogP contribution in [0.3, 0.4) is 0 Å². The molecule has 0 spiro atoms. The lowest BCUT2D eigenvalue weighted by atomic mass is 9.63.